The molecule has 5 heteroatoms. The number of benzene rings is 1. The molecule has 1 aromatic rings. The summed E-state index contributed by atoms with van der Waals surface area (Å²) in [5, 5.41) is -0.812. The second kappa shape index (κ2) is 3.97. The molecule has 0 aliphatic carbocycles. The van der Waals surface area contributed by atoms with E-state index < -0.39 is 18.7 Å². The van der Waals surface area contributed by atoms with Crippen LogP contribution in [-0.2, 0) is 18.8 Å². The Hall–Kier alpha value is -1.12. The average Bonchev–Trinajstić information content (AvgIpc) is 2.27. The van der Waals surface area contributed by atoms with Gasteiger partial charge in [-0.15, -0.1) is 0 Å². The number of fused-ring (bicyclic) bond motifs is 1. The molecule has 0 saturated heterocycles. The highest BCUT2D eigenvalue weighted by Crippen LogP contribution is 2.67. The van der Waals surface area contributed by atoms with E-state index in [9.17, 15) is 9.36 Å². The minimum absolute atomic E-state index is 0.246. The van der Waals surface area contributed by atoms with Gasteiger partial charge in [0.25, 0.3) is 0 Å². The lowest BCUT2D eigenvalue weighted by atomic mass is 9.96. The first-order valence-electron chi connectivity index (χ1n) is 5.50. The Labute approximate surface area is 100 Å². The predicted molar refractivity (Wildman–Crippen MR) is 64.1 cm³/mol. The number of hydrogen-bond acceptors (Lipinski definition) is 4. The fraction of sp³-hybridized carbons (Fsp3) is 0.417. The largest absolute Gasteiger partial charge is 0.391 e. The van der Waals surface area contributed by atoms with E-state index in [-0.39, 0.29) is 6.61 Å². The molecule has 0 saturated carbocycles. The van der Waals surface area contributed by atoms with Crippen LogP contribution in [0.25, 0.3) is 0 Å². The van der Waals surface area contributed by atoms with Crippen molar-refractivity contribution >= 4 is 13.6 Å². The maximum absolute atomic E-state index is 12.6. The summed E-state index contributed by atoms with van der Waals surface area (Å²) in [6, 6.07) is 7.04. The number of hydrogen-bond donors (Lipinski definition) is 0. The van der Waals surface area contributed by atoms with E-state index in [2.05, 4.69) is 0 Å². The van der Waals surface area contributed by atoms with Gasteiger partial charge in [-0.2, -0.15) is 0 Å². The van der Waals surface area contributed by atoms with Crippen molar-refractivity contribution in [1.29, 1.82) is 0 Å². The Morgan fingerprint density at radius 1 is 1.35 bits per heavy atom. The van der Waals surface area contributed by atoms with Gasteiger partial charge in [0.05, 0.1) is 12.2 Å². The monoisotopic (exact) mass is 254 g/mol. The lowest BCUT2D eigenvalue weighted by Crippen LogP contribution is -2.30. The number of carbonyl (C=O) groups is 1. The molecule has 0 aromatic heterocycles. The molecule has 0 spiro atoms. The Kier molecular flexibility index (Phi) is 2.88. The summed E-state index contributed by atoms with van der Waals surface area (Å²) in [5.74, 6) is -0.572. The van der Waals surface area contributed by atoms with Gasteiger partial charge in [-0.05, 0) is 32.4 Å². The molecule has 0 N–H and O–H groups in total. The molecular formula is C12H15O4P. The van der Waals surface area contributed by atoms with Gasteiger partial charge in [0.2, 0.25) is 0 Å². The van der Waals surface area contributed by atoms with E-state index in [0.717, 1.165) is 0 Å². The first kappa shape index (κ1) is 12.3. The zero-order valence-electron chi connectivity index (χ0n) is 10.1. The Morgan fingerprint density at radius 3 is 2.65 bits per heavy atom. The van der Waals surface area contributed by atoms with E-state index in [0.29, 0.717) is 11.1 Å². The Morgan fingerprint density at radius 2 is 2.00 bits per heavy atom. The summed E-state index contributed by atoms with van der Waals surface area (Å²) in [6.07, 6.45) is 0. The molecule has 0 amide bonds. The van der Waals surface area contributed by atoms with Crippen LogP contribution in [-0.4, -0.2) is 12.6 Å². The summed E-state index contributed by atoms with van der Waals surface area (Å²) in [4.78, 5) is 11.8. The third-order valence-corrected chi connectivity index (χ3v) is 5.61. The molecule has 1 aliphatic rings. The zero-order chi connectivity index (χ0) is 12.7. The van der Waals surface area contributed by atoms with Crippen molar-refractivity contribution in [3.05, 3.63) is 35.4 Å². The van der Waals surface area contributed by atoms with Crippen LogP contribution in [0.2, 0.25) is 0 Å². The fourth-order valence-electron chi connectivity index (χ4n) is 1.97. The maximum atomic E-state index is 12.6. The normalized spacial score (nSPS) is 26.2. The number of carbonyl (C=O) groups excluding carboxylic acids is 1. The van der Waals surface area contributed by atoms with Crippen LogP contribution in [0.3, 0.4) is 0 Å². The summed E-state index contributed by atoms with van der Waals surface area (Å²) in [5.41, 5.74) is 1.18. The molecular weight excluding hydrogens is 239 g/mol. The van der Waals surface area contributed by atoms with Gasteiger partial charge in [-0.1, -0.05) is 18.2 Å². The summed E-state index contributed by atoms with van der Waals surface area (Å²) in [6.45, 7) is 5.52. The van der Waals surface area contributed by atoms with Crippen molar-refractivity contribution in [3.8, 4) is 0 Å². The molecule has 0 fully saturated rings. The van der Waals surface area contributed by atoms with Gasteiger partial charge in [0, 0.05) is 0 Å². The fourth-order valence-corrected chi connectivity index (χ4v) is 3.72. The van der Waals surface area contributed by atoms with Crippen molar-refractivity contribution in [1.82, 2.24) is 0 Å². The third-order valence-electron chi connectivity index (χ3n) is 2.99. The van der Waals surface area contributed by atoms with Crippen molar-refractivity contribution in [2.45, 2.75) is 25.9 Å². The second-order valence-electron chi connectivity index (χ2n) is 4.40. The van der Waals surface area contributed by atoms with Crippen LogP contribution >= 0.6 is 7.60 Å². The quantitative estimate of drug-likeness (QED) is 0.759. The van der Waals surface area contributed by atoms with Gasteiger partial charge in [0.15, 0.2) is 0 Å². The molecule has 4 nitrogen and oxygen atoms in total. The highest BCUT2D eigenvalue weighted by atomic mass is 31.2. The second-order valence-corrected chi connectivity index (χ2v) is 6.95. The van der Waals surface area contributed by atoms with Crippen molar-refractivity contribution in [2.24, 2.45) is 0 Å². The maximum Gasteiger partial charge on any atom is 0.391 e. The average molecular weight is 254 g/mol. The summed E-state index contributed by atoms with van der Waals surface area (Å²) < 4.78 is 22.9. The van der Waals surface area contributed by atoms with Crippen molar-refractivity contribution in [2.75, 3.05) is 6.61 Å². The standard InChI is InChI=1S/C12H15O4P/c1-4-15-17(14)12(2,3)10-8-6-5-7-9(10)11(13)16-17/h5-8H,4H2,1-3H3/t17-/m0/s1. The first-order chi connectivity index (χ1) is 7.92. The molecule has 1 aliphatic heterocycles. The Balaban J connectivity index is 2.62. The highest BCUT2D eigenvalue weighted by Gasteiger charge is 2.52. The van der Waals surface area contributed by atoms with Crippen LogP contribution < -0.4 is 0 Å². The van der Waals surface area contributed by atoms with E-state index in [1.807, 2.05) is 6.07 Å². The third kappa shape index (κ3) is 1.72. The summed E-state index contributed by atoms with van der Waals surface area (Å²) in [7, 11) is -3.45. The lowest BCUT2D eigenvalue weighted by molar-refractivity contribution is 0.0665. The van der Waals surface area contributed by atoms with Crippen LogP contribution in [0, 0.1) is 0 Å². The van der Waals surface area contributed by atoms with Gasteiger partial charge in [0.1, 0.15) is 5.16 Å². The van der Waals surface area contributed by atoms with E-state index in [1.54, 1.807) is 39.0 Å². The molecule has 1 aromatic carbocycles. The van der Waals surface area contributed by atoms with Crippen molar-refractivity contribution in [3.63, 3.8) is 0 Å². The number of rotatable bonds is 2. The van der Waals surface area contributed by atoms with Gasteiger partial charge >= 0.3 is 13.6 Å². The molecule has 0 radical (unpaired) electrons. The molecule has 2 rings (SSSR count). The van der Waals surface area contributed by atoms with E-state index in [1.165, 1.54) is 0 Å². The zero-order valence-corrected chi connectivity index (χ0v) is 11.0. The Bertz CT molecular complexity index is 507. The minimum atomic E-state index is -3.45. The first-order valence-corrected chi connectivity index (χ1v) is 7.05. The molecule has 1 atom stereocenters. The topological polar surface area (TPSA) is 52.6 Å². The predicted octanol–water partition coefficient (Wildman–Crippen LogP) is 3.32. The van der Waals surface area contributed by atoms with Crippen LogP contribution in [0.4, 0.5) is 0 Å². The van der Waals surface area contributed by atoms with Crippen LogP contribution in [0.15, 0.2) is 24.3 Å². The van der Waals surface area contributed by atoms with Gasteiger partial charge in [-0.3, -0.25) is 4.52 Å². The van der Waals surface area contributed by atoms with Gasteiger partial charge < -0.3 is 4.52 Å². The lowest BCUT2D eigenvalue weighted by Gasteiger charge is -2.37. The van der Waals surface area contributed by atoms with Gasteiger partial charge in [-0.25, -0.2) is 9.36 Å². The molecule has 1 heterocycles. The minimum Gasteiger partial charge on any atom is -0.387 e. The summed E-state index contributed by atoms with van der Waals surface area (Å²) >= 11 is 0. The van der Waals surface area contributed by atoms with E-state index >= 15 is 0 Å². The van der Waals surface area contributed by atoms with Crippen LogP contribution in [0.5, 0.6) is 0 Å². The molecule has 0 bridgehead atoms. The highest BCUT2D eigenvalue weighted by molar-refractivity contribution is 7.55. The van der Waals surface area contributed by atoms with Crippen LogP contribution in [0.1, 0.15) is 36.7 Å². The van der Waals surface area contributed by atoms with E-state index in [4.69, 9.17) is 9.05 Å². The molecule has 92 valence electrons. The SMILES string of the molecule is CCO[P@]1(=O)OC(=O)c2ccccc2C1(C)C. The smallest absolute Gasteiger partial charge is 0.387 e. The van der Waals surface area contributed by atoms with Crippen molar-refractivity contribution < 1.29 is 18.4 Å². The molecule has 17 heavy (non-hydrogen) atoms. The molecule has 0 unspecified atom stereocenters.